The fourth-order valence-electron chi connectivity index (χ4n) is 5.05. The zero-order valence-electron chi connectivity index (χ0n) is 19.8. The highest BCUT2D eigenvalue weighted by Gasteiger charge is 2.45. The van der Waals surface area contributed by atoms with E-state index >= 15 is 0 Å². The van der Waals surface area contributed by atoms with Crippen molar-refractivity contribution in [2.24, 2.45) is 11.8 Å². The second-order valence-corrected chi connectivity index (χ2v) is 11.0. The van der Waals surface area contributed by atoms with Gasteiger partial charge in [0.05, 0.1) is 7.11 Å². The lowest BCUT2D eigenvalue weighted by molar-refractivity contribution is -0.117. The van der Waals surface area contributed by atoms with Crippen LogP contribution < -0.4 is 15.4 Å². The molecule has 9 heteroatoms. The minimum atomic E-state index is -3.77. The average Bonchev–Trinajstić information content (AvgIpc) is 3.42. The molecule has 1 saturated heterocycles. The summed E-state index contributed by atoms with van der Waals surface area (Å²) in [6, 6.07) is 14.4. The van der Waals surface area contributed by atoms with Gasteiger partial charge in [-0.1, -0.05) is 36.9 Å². The van der Waals surface area contributed by atoms with E-state index in [2.05, 4.69) is 17.2 Å². The number of carbonyl (C=O) groups is 2. The number of hydrogen-bond acceptors (Lipinski definition) is 5. The number of benzene rings is 2. The maximum atomic E-state index is 13.4. The van der Waals surface area contributed by atoms with Crippen molar-refractivity contribution in [2.45, 2.75) is 36.6 Å². The zero-order valence-corrected chi connectivity index (χ0v) is 20.6. The third-order valence-electron chi connectivity index (χ3n) is 6.80. The van der Waals surface area contributed by atoms with Crippen LogP contribution in [0.5, 0.6) is 5.75 Å². The highest BCUT2D eigenvalue weighted by molar-refractivity contribution is 7.89. The van der Waals surface area contributed by atoms with E-state index in [0.29, 0.717) is 31.6 Å². The maximum absolute atomic E-state index is 13.4. The molecule has 1 aliphatic heterocycles. The fraction of sp³-hybridized carbons (Fsp3) is 0.385. The molecule has 2 aromatic carbocycles. The third-order valence-corrected chi connectivity index (χ3v) is 8.67. The Morgan fingerprint density at radius 3 is 2.43 bits per heavy atom. The quantitative estimate of drug-likeness (QED) is 0.519. The fourth-order valence-corrected chi connectivity index (χ4v) is 6.74. The van der Waals surface area contributed by atoms with Crippen LogP contribution in [0.15, 0.2) is 66.1 Å². The van der Waals surface area contributed by atoms with Crippen LogP contribution in [0.3, 0.4) is 0 Å². The van der Waals surface area contributed by atoms with Crippen LogP contribution in [-0.4, -0.2) is 50.8 Å². The Kier molecular flexibility index (Phi) is 7.57. The van der Waals surface area contributed by atoms with E-state index in [-0.39, 0.29) is 40.3 Å². The van der Waals surface area contributed by atoms with Crippen LogP contribution in [0.4, 0.5) is 5.69 Å². The number of nitrogens with zero attached hydrogens (tertiary/aromatic N) is 1. The number of anilines is 1. The molecule has 186 valence electrons. The van der Waals surface area contributed by atoms with E-state index in [1.54, 1.807) is 12.1 Å². The summed E-state index contributed by atoms with van der Waals surface area (Å²) >= 11 is 0. The summed E-state index contributed by atoms with van der Waals surface area (Å²) in [7, 11) is -2.35. The Bertz CT molecular complexity index is 1180. The Labute approximate surface area is 206 Å². The molecule has 8 nitrogen and oxygen atoms in total. The predicted octanol–water partition coefficient (Wildman–Crippen LogP) is 2.97. The molecule has 2 aromatic rings. The molecule has 2 unspecified atom stereocenters. The van der Waals surface area contributed by atoms with Crippen LogP contribution in [0.2, 0.25) is 0 Å². The lowest BCUT2D eigenvalue weighted by Crippen LogP contribution is -2.35. The van der Waals surface area contributed by atoms with Gasteiger partial charge in [0.15, 0.2) is 0 Å². The topological polar surface area (TPSA) is 105 Å². The first-order valence-electron chi connectivity index (χ1n) is 11.7. The number of sulfonamides is 1. The maximum Gasteiger partial charge on any atom is 0.246 e. The van der Waals surface area contributed by atoms with Crippen LogP contribution in [0.25, 0.3) is 0 Å². The highest BCUT2D eigenvalue weighted by atomic mass is 32.2. The summed E-state index contributed by atoms with van der Waals surface area (Å²) in [5.74, 6) is 0.246. The molecule has 35 heavy (non-hydrogen) atoms. The number of amides is 2. The van der Waals surface area contributed by atoms with E-state index in [9.17, 15) is 18.0 Å². The molecule has 0 radical (unpaired) electrons. The number of methoxy groups -OCH3 is 1. The van der Waals surface area contributed by atoms with Gasteiger partial charge in [-0.3, -0.25) is 9.59 Å². The van der Waals surface area contributed by atoms with Crippen LogP contribution in [0, 0.1) is 11.8 Å². The lowest BCUT2D eigenvalue weighted by Gasteiger charge is -2.21. The highest BCUT2D eigenvalue weighted by Crippen LogP contribution is 2.41. The summed E-state index contributed by atoms with van der Waals surface area (Å²) in [5.41, 5.74) is 1.56. The number of ether oxygens (including phenoxy) is 1. The third kappa shape index (κ3) is 5.74. The summed E-state index contributed by atoms with van der Waals surface area (Å²) in [5, 5.41) is 5.74. The van der Waals surface area contributed by atoms with Gasteiger partial charge in [-0.15, -0.1) is 0 Å². The first-order chi connectivity index (χ1) is 16.8. The molecule has 2 N–H and O–H groups in total. The molecular weight excluding hydrogens is 466 g/mol. The van der Waals surface area contributed by atoms with E-state index in [4.69, 9.17) is 4.74 Å². The molecule has 4 rings (SSSR count). The Morgan fingerprint density at radius 2 is 1.80 bits per heavy atom. The standard InChI is InChI=1S/C26H31N3O5S/c1-3-25(30)28-22-13-19-16-29(17-20(19)14-22)35(32,33)24-11-10-21(15-23(24)34-2)27-26(31)12-9-18-7-5-4-6-8-18/h3-8,10-11,15,19-20,22H,1,9,12-14,16-17H2,2H3,(H,27,31)(H,28,30). The van der Waals surface area contributed by atoms with Crippen LogP contribution in [-0.2, 0) is 26.0 Å². The van der Waals surface area contributed by atoms with Gasteiger partial charge in [0.25, 0.3) is 0 Å². The minimum absolute atomic E-state index is 0.0553. The monoisotopic (exact) mass is 497 g/mol. The van der Waals surface area contributed by atoms with Crippen molar-refractivity contribution in [3.63, 3.8) is 0 Å². The molecule has 0 aromatic heterocycles. The average molecular weight is 498 g/mol. The Morgan fingerprint density at radius 1 is 1.11 bits per heavy atom. The predicted molar refractivity (Wildman–Crippen MR) is 133 cm³/mol. The first kappa shape index (κ1) is 24.9. The van der Waals surface area contributed by atoms with Gasteiger partial charge in [-0.05, 0) is 54.9 Å². The largest absolute Gasteiger partial charge is 0.495 e. The number of nitrogens with one attached hydrogen (secondary N) is 2. The van der Waals surface area contributed by atoms with Gasteiger partial charge in [0.1, 0.15) is 10.6 Å². The Balaban J connectivity index is 1.39. The molecule has 2 fully saturated rings. The van der Waals surface area contributed by atoms with Crippen molar-refractivity contribution < 1.29 is 22.7 Å². The molecule has 0 bridgehead atoms. The van der Waals surface area contributed by atoms with E-state index in [1.165, 1.54) is 23.6 Å². The number of fused-ring (bicyclic) bond motifs is 1. The van der Waals surface area contributed by atoms with Crippen LogP contribution in [0.1, 0.15) is 24.8 Å². The zero-order chi connectivity index (χ0) is 25.0. The summed E-state index contributed by atoms with van der Waals surface area (Å²) in [6.07, 6.45) is 3.69. The van der Waals surface area contributed by atoms with Crippen molar-refractivity contribution in [1.82, 2.24) is 9.62 Å². The van der Waals surface area contributed by atoms with Gasteiger partial charge in [-0.2, -0.15) is 4.31 Å². The second kappa shape index (κ2) is 10.6. The molecule has 2 aliphatic rings. The normalized spacial score (nSPS) is 21.8. The molecule has 2 amide bonds. The molecule has 1 heterocycles. The minimum Gasteiger partial charge on any atom is -0.495 e. The lowest BCUT2D eigenvalue weighted by atomic mass is 10.0. The molecule has 1 aliphatic carbocycles. The molecule has 0 spiro atoms. The first-order valence-corrected chi connectivity index (χ1v) is 13.2. The van der Waals surface area contributed by atoms with Gasteiger partial charge in [0.2, 0.25) is 21.8 Å². The Hall–Kier alpha value is -3.17. The van der Waals surface area contributed by atoms with Crippen molar-refractivity contribution in [3.8, 4) is 5.75 Å². The number of rotatable bonds is 9. The SMILES string of the molecule is C=CC(=O)NC1CC2CN(S(=O)(=O)c3ccc(NC(=O)CCc4ccccc4)cc3OC)CC2C1. The second-order valence-electron chi connectivity index (χ2n) is 9.12. The van der Waals surface area contributed by atoms with Gasteiger partial charge >= 0.3 is 0 Å². The van der Waals surface area contributed by atoms with Crippen molar-refractivity contribution in [2.75, 3.05) is 25.5 Å². The summed E-state index contributed by atoms with van der Waals surface area (Å²) in [6.45, 7) is 4.30. The summed E-state index contributed by atoms with van der Waals surface area (Å²) < 4.78 is 33.7. The summed E-state index contributed by atoms with van der Waals surface area (Å²) in [4.78, 5) is 24.1. The number of aryl methyl sites for hydroxylation is 1. The molecule has 1 saturated carbocycles. The van der Waals surface area contributed by atoms with Gasteiger partial charge in [0, 0.05) is 37.3 Å². The van der Waals surface area contributed by atoms with Gasteiger partial charge in [-0.25, -0.2) is 8.42 Å². The van der Waals surface area contributed by atoms with E-state index in [1.807, 2.05) is 30.3 Å². The van der Waals surface area contributed by atoms with E-state index < -0.39 is 10.0 Å². The van der Waals surface area contributed by atoms with Crippen molar-refractivity contribution >= 4 is 27.5 Å². The van der Waals surface area contributed by atoms with Crippen molar-refractivity contribution in [3.05, 3.63) is 66.7 Å². The van der Waals surface area contributed by atoms with E-state index in [0.717, 1.165) is 18.4 Å². The number of hydrogen-bond donors (Lipinski definition) is 2. The van der Waals surface area contributed by atoms with Crippen molar-refractivity contribution in [1.29, 1.82) is 0 Å². The molecular formula is C26H31N3O5S. The number of carbonyl (C=O) groups excluding carboxylic acids is 2. The van der Waals surface area contributed by atoms with Crippen LogP contribution >= 0.6 is 0 Å². The molecule has 2 atom stereocenters. The smallest absolute Gasteiger partial charge is 0.246 e. The van der Waals surface area contributed by atoms with Gasteiger partial charge < -0.3 is 15.4 Å².